The summed E-state index contributed by atoms with van der Waals surface area (Å²) in [5.74, 6) is -0.964. The number of aliphatic imine (C=N–C) groups is 1. The molecule has 286 valence electrons. The topological polar surface area (TPSA) is 183 Å². The molecule has 54 heavy (non-hydrogen) atoms. The van der Waals surface area contributed by atoms with Crippen molar-refractivity contribution in [1.82, 2.24) is 20.4 Å². The van der Waals surface area contributed by atoms with Crippen LogP contribution < -0.4 is 26.0 Å². The fourth-order valence-corrected chi connectivity index (χ4v) is 7.57. The van der Waals surface area contributed by atoms with E-state index in [-0.39, 0.29) is 92.6 Å². The molecule has 0 saturated carbocycles. The number of nitrogens with two attached hydrogens (primary N) is 1. The summed E-state index contributed by atoms with van der Waals surface area (Å²) in [6, 6.07) is 7.17. The number of fused-ring (bicyclic) bond motifs is 2. The highest BCUT2D eigenvalue weighted by molar-refractivity contribution is 6.13. The lowest BCUT2D eigenvalue weighted by molar-refractivity contribution is -0.137. The molecule has 0 bridgehead atoms. The predicted molar refractivity (Wildman–Crippen MR) is 198 cm³/mol. The fourth-order valence-electron chi connectivity index (χ4n) is 7.57. The van der Waals surface area contributed by atoms with Gasteiger partial charge in [0.15, 0.2) is 0 Å². The van der Waals surface area contributed by atoms with Crippen LogP contribution in [0.2, 0.25) is 0 Å². The van der Waals surface area contributed by atoms with Gasteiger partial charge in [0, 0.05) is 93.9 Å². The maximum absolute atomic E-state index is 14.8. The number of allylic oxidation sites excluding steroid dienone is 1. The largest absolute Gasteiger partial charge is 0.490 e. The first kappa shape index (κ1) is 36.7. The normalized spacial score (nSPS) is 21.0. The number of carbonyl (C=O) groups excluding carboxylic acids is 4. The molecule has 2 fully saturated rings. The molecule has 1 unspecified atom stereocenters. The monoisotopic (exact) mass is 746 g/mol. The Bertz CT molecular complexity index is 2000. The molecule has 2 aromatic carbocycles. The van der Waals surface area contributed by atoms with Crippen molar-refractivity contribution in [2.75, 3.05) is 44.4 Å². The van der Waals surface area contributed by atoms with Gasteiger partial charge < -0.3 is 35.2 Å². The summed E-state index contributed by atoms with van der Waals surface area (Å²) in [6.07, 6.45) is 2.13. The molecular weight excluding hydrogens is 702 g/mol. The molecular formula is C38H44F2N8O6. The number of piperidine rings is 1. The lowest BCUT2D eigenvalue weighted by Crippen LogP contribution is -2.52. The third-order valence-corrected chi connectivity index (χ3v) is 10.5. The SMILES string of the molecule is CC(=O)N1CCC(NC2CCOCC2)=C(C(=N)N2CCOc3cc(/C(C=Nc4ccc5c(c4)C(=O)N(C4CCC(=O)NC4=O)C5)=C/N)c(C(F)F)cc32)C1.[HH]. The second-order valence-corrected chi connectivity index (χ2v) is 13.9. The number of amides is 4. The lowest BCUT2D eigenvalue weighted by atomic mass is 9.97. The van der Waals surface area contributed by atoms with Gasteiger partial charge in [-0.2, -0.15) is 0 Å². The van der Waals surface area contributed by atoms with Gasteiger partial charge in [0.05, 0.1) is 24.5 Å². The van der Waals surface area contributed by atoms with Gasteiger partial charge in [0.25, 0.3) is 12.3 Å². The number of amidine groups is 1. The van der Waals surface area contributed by atoms with E-state index >= 15 is 0 Å². The van der Waals surface area contributed by atoms with E-state index < -0.39 is 18.4 Å². The Balaban J connectivity index is 0.00000514. The van der Waals surface area contributed by atoms with E-state index in [2.05, 4.69) is 15.6 Å². The van der Waals surface area contributed by atoms with Crippen LogP contribution in [0.1, 0.15) is 73.9 Å². The molecule has 2 saturated heterocycles. The quantitative estimate of drug-likeness (QED) is 0.178. The van der Waals surface area contributed by atoms with E-state index in [0.717, 1.165) is 18.5 Å². The van der Waals surface area contributed by atoms with E-state index in [1.54, 1.807) is 28.0 Å². The Labute approximate surface area is 312 Å². The average Bonchev–Trinajstić information content (AvgIpc) is 3.49. The molecule has 4 amide bonds. The minimum atomic E-state index is -2.92. The highest BCUT2D eigenvalue weighted by atomic mass is 19.3. The number of ether oxygens (including phenoxy) is 2. The van der Waals surface area contributed by atoms with Crippen LogP contribution in [-0.4, -0.2) is 97.0 Å². The predicted octanol–water partition coefficient (Wildman–Crippen LogP) is 3.78. The van der Waals surface area contributed by atoms with Gasteiger partial charge in [-0.05, 0) is 54.7 Å². The molecule has 16 heteroatoms. The van der Waals surface area contributed by atoms with Crippen LogP contribution in [0.4, 0.5) is 20.2 Å². The number of nitrogens with one attached hydrogen (secondary N) is 3. The third kappa shape index (κ3) is 7.29. The van der Waals surface area contributed by atoms with Crippen LogP contribution in [0.25, 0.3) is 5.57 Å². The van der Waals surface area contributed by atoms with Crippen molar-refractivity contribution in [1.29, 1.82) is 5.41 Å². The van der Waals surface area contributed by atoms with E-state index in [0.29, 0.717) is 54.3 Å². The first-order chi connectivity index (χ1) is 26.0. The number of benzene rings is 2. The Morgan fingerprint density at radius 2 is 1.89 bits per heavy atom. The van der Waals surface area contributed by atoms with Crippen LogP contribution in [0.15, 0.2) is 52.8 Å². The minimum Gasteiger partial charge on any atom is -0.490 e. The number of halogens is 2. The second-order valence-electron chi connectivity index (χ2n) is 13.9. The molecule has 5 N–H and O–H groups in total. The third-order valence-electron chi connectivity index (χ3n) is 10.5. The molecule has 5 heterocycles. The Morgan fingerprint density at radius 1 is 1.09 bits per heavy atom. The number of hydrogen-bond donors (Lipinski definition) is 4. The van der Waals surface area contributed by atoms with Crippen LogP contribution in [0.3, 0.4) is 0 Å². The Kier molecular flexibility index (Phi) is 10.5. The van der Waals surface area contributed by atoms with Gasteiger partial charge >= 0.3 is 0 Å². The summed E-state index contributed by atoms with van der Waals surface area (Å²) in [4.78, 5) is 59.0. The molecule has 1 atom stereocenters. The summed E-state index contributed by atoms with van der Waals surface area (Å²) < 4.78 is 41.2. The summed E-state index contributed by atoms with van der Waals surface area (Å²) in [5, 5.41) is 15.2. The minimum absolute atomic E-state index is 0. The number of rotatable bonds is 8. The molecule has 5 aliphatic heterocycles. The van der Waals surface area contributed by atoms with Crippen molar-refractivity contribution in [3.63, 3.8) is 0 Å². The molecule has 7 rings (SSSR count). The maximum Gasteiger partial charge on any atom is 0.264 e. The lowest BCUT2D eigenvalue weighted by Gasteiger charge is -2.38. The van der Waals surface area contributed by atoms with Crippen molar-refractivity contribution in [3.8, 4) is 5.75 Å². The van der Waals surface area contributed by atoms with Crippen LogP contribution >= 0.6 is 0 Å². The van der Waals surface area contributed by atoms with Crippen LogP contribution in [0.5, 0.6) is 5.75 Å². The molecule has 0 radical (unpaired) electrons. The summed E-state index contributed by atoms with van der Waals surface area (Å²) >= 11 is 0. The number of nitrogens with zero attached hydrogens (tertiary/aromatic N) is 4. The van der Waals surface area contributed by atoms with Gasteiger partial charge in [0.1, 0.15) is 24.2 Å². The second kappa shape index (κ2) is 15.4. The van der Waals surface area contributed by atoms with E-state index in [1.807, 2.05) is 0 Å². The molecule has 0 aliphatic carbocycles. The highest BCUT2D eigenvalue weighted by Crippen LogP contribution is 2.41. The standard InChI is InChI=1S/C38H42F2N8O6.H2/c1-21(49)46-9-6-30(44-24-7-11-53-12-8-24)29(20-46)36(42)47-10-13-54-33-16-26(28(35(39)40)15-32(33)47)23(17-41)18-43-25-3-2-22-19-48(38(52)27(22)14-25)31-4-5-34(50)45-37(31)51;/h2-3,14-18,24,31,35,42,44H,4-13,19-20,41H2,1H3,(H,45,50,51);1H/b23-17+,42-36?,43-18?;. The van der Waals surface area contributed by atoms with E-state index in [9.17, 15) is 33.4 Å². The number of carbonyl (C=O) groups is 4. The molecule has 0 aromatic heterocycles. The Hall–Kier alpha value is -5.64. The molecule has 14 nitrogen and oxygen atoms in total. The van der Waals surface area contributed by atoms with Crippen molar-refractivity contribution < 1.29 is 38.9 Å². The van der Waals surface area contributed by atoms with Crippen molar-refractivity contribution >= 4 is 52.6 Å². The van der Waals surface area contributed by atoms with Gasteiger partial charge in [-0.3, -0.25) is 34.9 Å². The first-order valence-corrected chi connectivity index (χ1v) is 18.0. The summed E-state index contributed by atoms with van der Waals surface area (Å²) in [7, 11) is 0. The first-order valence-electron chi connectivity index (χ1n) is 18.0. The summed E-state index contributed by atoms with van der Waals surface area (Å²) in [6.45, 7) is 4.11. The zero-order valence-corrected chi connectivity index (χ0v) is 29.8. The van der Waals surface area contributed by atoms with Gasteiger partial charge in [0.2, 0.25) is 17.7 Å². The van der Waals surface area contributed by atoms with Gasteiger partial charge in [-0.25, -0.2) is 8.78 Å². The number of hydrogen-bond acceptors (Lipinski definition) is 10. The average molecular weight is 747 g/mol. The fraction of sp³-hybridized carbons (Fsp3) is 0.421. The zero-order valence-electron chi connectivity index (χ0n) is 29.8. The van der Waals surface area contributed by atoms with Crippen LogP contribution in [0, 0.1) is 5.41 Å². The number of anilines is 1. The van der Waals surface area contributed by atoms with Gasteiger partial charge in [-0.1, -0.05) is 6.07 Å². The molecule has 2 aromatic rings. The van der Waals surface area contributed by atoms with E-state index in [4.69, 9.17) is 15.2 Å². The number of imide groups is 1. The number of alkyl halides is 2. The Morgan fingerprint density at radius 3 is 2.61 bits per heavy atom. The smallest absolute Gasteiger partial charge is 0.264 e. The molecule has 0 spiro atoms. The van der Waals surface area contributed by atoms with Gasteiger partial charge in [-0.15, -0.1) is 0 Å². The zero-order chi connectivity index (χ0) is 38.1. The van der Waals surface area contributed by atoms with Crippen molar-refractivity contribution in [2.45, 2.75) is 64.1 Å². The van der Waals surface area contributed by atoms with Crippen molar-refractivity contribution in [2.24, 2.45) is 10.7 Å². The molecule has 5 aliphatic rings. The highest BCUT2D eigenvalue weighted by Gasteiger charge is 2.39. The van der Waals surface area contributed by atoms with E-state index in [1.165, 1.54) is 36.4 Å². The van der Waals surface area contributed by atoms with Crippen molar-refractivity contribution in [3.05, 3.63) is 70.1 Å². The maximum atomic E-state index is 14.8. The van der Waals surface area contributed by atoms with Crippen LogP contribution in [-0.2, 0) is 25.7 Å². The summed E-state index contributed by atoms with van der Waals surface area (Å²) in [5.41, 5.74) is 9.13.